The van der Waals surface area contributed by atoms with Crippen LogP contribution in [0.5, 0.6) is 0 Å². The zero-order chi connectivity index (χ0) is 18.3. The Balaban J connectivity index is 0.00000112. The molecule has 0 bridgehead atoms. The van der Waals surface area contributed by atoms with Gasteiger partial charge in [0.15, 0.2) is 0 Å². The zero-order valence-corrected chi connectivity index (χ0v) is 14.8. The summed E-state index contributed by atoms with van der Waals surface area (Å²) in [5.41, 5.74) is 1.27. The first-order chi connectivity index (χ1) is 10.9. The number of carbonyl (C=O) groups is 4. The van der Waals surface area contributed by atoms with Crippen LogP contribution in [0.4, 0.5) is 0 Å². The highest BCUT2D eigenvalue weighted by Crippen LogP contribution is 2.25. The summed E-state index contributed by atoms with van der Waals surface area (Å²) in [5, 5.41) is 0. The van der Waals surface area contributed by atoms with Crippen LogP contribution >= 0.6 is 0 Å². The lowest BCUT2D eigenvalue weighted by atomic mass is 9.99. The van der Waals surface area contributed by atoms with Gasteiger partial charge in [0.2, 0.25) is 6.41 Å². The highest BCUT2D eigenvalue weighted by Gasteiger charge is 2.34. The predicted molar refractivity (Wildman–Crippen MR) is 88.5 cm³/mol. The van der Waals surface area contributed by atoms with Gasteiger partial charge in [-0.25, -0.2) is 0 Å². The lowest BCUT2D eigenvalue weighted by Gasteiger charge is -2.11. The third kappa shape index (κ3) is 3.83. The predicted octanol–water partition coefficient (Wildman–Crippen LogP) is 2.50. The van der Waals surface area contributed by atoms with Crippen molar-refractivity contribution in [2.75, 3.05) is 14.1 Å². The molecule has 1 aromatic rings. The Labute approximate surface area is 137 Å². The number of aryl methyl sites for hydroxylation is 1. The molecule has 6 heteroatoms. The van der Waals surface area contributed by atoms with Gasteiger partial charge >= 0.3 is 0 Å². The van der Waals surface area contributed by atoms with Crippen LogP contribution in [0.15, 0.2) is 12.1 Å². The van der Waals surface area contributed by atoms with Crippen LogP contribution in [0.1, 0.15) is 64.3 Å². The molecular formula is C17H24N2O4. The van der Waals surface area contributed by atoms with Crippen molar-refractivity contribution in [3.05, 3.63) is 34.4 Å². The van der Waals surface area contributed by atoms with Crippen LogP contribution in [-0.2, 0) is 4.79 Å². The van der Waals surface area contributed by atoms with Gasteiger partial charge in [0.1, 0.15) is 0 Å². The molecule has 2 rings (SSSR count). The molecule has 1 aliphatic rings. The standard InChI is InChI=1S/C13H12N2O4.2C2H6/c1-7-4-9-10(13(19)15(3)12(9)18)5-8(7)11(17)14(2)6-16;2*1-2/h4-6H,1-3H3;2*1-2H3. The molecule has 126 valence electrons. The maximum absolute atomic E-state index is 12.0. The maximum Gasteiger partial charge on any atom is 0.261 e. The molecule has 0 spiro atoms. The van der Waals surface area contributed by atoms with Crippen molar-refractivity contribution in [2.45, 2.75) is 34.6 Å². The van der Waals surface area contributed by atoms with Gasteiger partial charge < -0.3 is 0 Å². The number of hydrogen-bond donors (Lipinski definition) is 0. The summed E-state index contributed by atoms with van der Waals surface area (Å²) < 4.78 is 0. The van der Waals surface area contributed by atoms with E-state index in [9.17, 15) is 19.2 Å². The molecule has 0 radical (unpaired) electrons. The molecule has 1 aromatic carbocycles. The molecule has 0 unspecified atom stereocenters. The van der Waals surface area contributed by atoms with Gasteiger partial charge in [-0.15, -0.1) is 0 Å². The van der Waals surface area contributed by atoms with Crippen molar-refractivity contribution in [1.82, 2.24) is 9.80 Å². The van der Waals surface area contributed by atoms with Crippen molar-refractivity contribution < 1.29 is 19.2 Å². The Kier molecular flexibility index (Phi) is 7.87. The van der Waals surface area contributed by atoms with E-state index >= 15 is 0 Å². The topological polar surface area (TPSA) is 74.8 Å². The molecule has 0 aromatic heterocycles. The van der Waals surface area contributed by atoms with Crippen molar-refractivity contribution in [2.24, 2.45) is 0 Å². The van der Waals surface area contributed by atoms with E-state index in [1.807, 2.05) is 27.7 Å². The Bertz CT molecular complexity index is 623. The lowest BCUT2D eigenvalue weighted by molar-refractivity contribution is -0.115. The third-order valence-electron chi connectivity index (χ3n) is 3.14. The summed E-state index contributed by atoms with van der Waals surface area (Å²) in [4.78, 5) is 48.1. The smallest absolute Gasteiger partial charge is 0.261 e. The second-order valence-corrected chi connectivity index (χ2v) is 4.40. The molecule has 1 heterocycles. The van der Waals surface area contributed by atoms with E-state index in [0.29, 0.717) is 12.0 Å². The number of amides is 4. The quantitative estimate of drug-likeness (QED) is 0.620. The second kappa shape index (κ2) is 8.82. The molecule has 0 atom stereocenters. The summed E-state index contributed by atoms with van der Waals surface area (Å²) in [5.74, 6) is -1.33. The van der Waals surface area contributed by atoms with Crippen molar-refractivity contribution in [3.63, 3.8) is 0 Å². The van der Waals surface area contributed by atoms with Gasteiger partial charge in [-0.1, -0.05) is 27.7 Å². The van der Waals surface area contributed by atoms with E-state index in [1.54, 1.807) is 6.92 Å². The van der Waals surface area contributed by atoms with Gasteiger partial charge in [-0.05, 0) is 24.6 Å². The molecule has 6 nitrogen and oxygen atoms in total. The summed E-state index contributed by atoms with van der Waals surface area (Å²) in [6, 6.07) is 2.88. The van der Waals surface area contributed by atoms with Gasteiger partial charge in [0.25, 0.3) is 17.7 Å². The fourth-order valence-corrected chi connectivity index (χ4v) is 1.98. The Morgan fingerprint density at radius 3 is 1.91 bits per heavy atom. The monoisotopic (exact) mass is 320 g/mol. The first kappa shape index (κ1) is 20.5. The normalized spacial score (nSPS) is 11.7. The summed E-state index contributed by atoms with van der Waals surface area (Å²) in [6.45, 7) is 9.65. The minimum Gasteiger partial charge on any atom is -0.284 e. The van der Waals surface area contributed by atoms with E-state index in [2.05, 4.69) is 0 Å². The molecule has 0 N–H and O–H groups in total. The summed E-state index contributed by atoms with van der Waals surface area (Å²) >= 11 is 0. The molecular weight excluding hydrogens is 296 g/mol. The Morgan fingerprint density at radius 1 is 1.04 bits per heavy atom. The van der Waals surface area contributed by atoms with E-state index in [1.165, 1.54) is 26.2 Å². The van der Waals surface area contributed by atoms with Gasteiger partial charge in [-0.2, -0.15) is 0 Å². The Morgan fingerprint density at radius 2 is 1.48 bits per heavy atom. The highest BCUT2D eigenvalue weighted by molar-refractivity contribution is 6.22. The van der Waals surface area contributed by atoms with E-state index in [0.717, 1.165) is 9.80 Å². The number of hydrogen-bond acceptors (Lipinski definition) is 4. The minimum atomic E-state index is -0.509. The number of fused-ring (bicyclic) bond motifs is 1. The first-order valence-corrected chi connectivity index (χ1v) is 7.58. The molecule has 0 fully saturated rings. The van der Waals surface area contributed by atoms with Crippen molar-refractivity contribution in [1.29, 1.82) is 0 Å². The number of rotatable bonds is 2. The molecule has 1 aliphatic heterocycles. The number of carbonyl (C=O) groups excluding carboxylic acids is 4. The molecule has 4 amide bonds. The second-order valence-electron chi connectivity index (χ2n) is 4.40. The van der Waals surface area contributed by atoms with Crippen molar-refractivity contribution >= 4 is 24.1 Å². The average Bonchev–Trinajstić information content (AvgIpc) is 2.80. The van der Waals surface area contributed by atoms with Crippen LogP contribution in [-0.4, -0.2) is 48.0 Å². The van der Waals surface area contributed by atoms with Crippen LogP contribution in [0.25, 0.3) is 0 Å². The minimum absolute atomic E-state index is 0.195. The Hall–Kier alpha value is -2.50. The molecule has 0 saturated carbocycles. The van der Waals surface area contributed by atoms with Crippen LogP contribution in [0, 0.1) is 6.92 Å². The molecule has 23 heavy (non-hydrogen) atoms. The first-order valence-electron chi connectivity index (χ1n) is 7.58. The van der Waals surface area contributed by atoms with Gasteiger partial charge in [-0.3, -0.25) is 29.0 Å². The number of benzene rings is 1. The van der Waals surface area contributed by atoms with Crippen LogP contribution < -0.4 is 0 Å². The largest absolute Gasteiger partial charge is 0.284 e. The van der Waals surface area contributed by atoms with Crippen molar-refractivity contribution in [3.8, 4) is 0 Å². The fourth-order valence-electron chi connectivity index (χ4n) is 1.98. The van der Waals surface area contributed by atoms with Crippen LogP contribution in [0.2, 0.25) is 0 Å². The number of nitrogens with zero attached hydrogens (tertiary/aromatic N) is 2. The lowest BCUT2D eigenvalue weighted by Crippen LogP contribution is -2.26. The average molecular weight is 320 g/mol. The zero-order valence-electron chi connectivity index (χ0n) is 14.8. The van der Waals surface area contributed by atoms with E-state index in [-0.39, 0.29) is 22.6 Å². The summed E-state index contributed by atoms with van der Waals surface area (Å²) in [6.07, 6.45) is 0.397. The molecule has 0 aliphatic carbocycles. The van der Waals surface area contributed by atoms with E-state index in [4.69, 9.17) is 0 Å². The summed E-state index contributed by atoms with van der Waals surface area (Å²) in [7, 11) is 2.72. The highest BCUT2D eigenvalue weighted by atomic mass is 16.2. The molecule has 0 saturated heterocycles. The van der Waals surface area contributed by atoms with Gasteiger partial charge in [0, 0.05) is 19.7 Å². The third-order valence-corrected chi connectivity index (χ3v) is 3.14. The maximum atomic E-state index is 12.0. The van der Waals surface area contributed by atoms with Gasteiger partial charge in [0.05, 0.1) is 11.1 Å². The van der Waals surface area contributed by atoms with E-state index < -0.39 is 11.8 Å². The SMILES string of the molecule is CC.CC.Cc1cc2c(cc1C(=O)N(C)C=O)C(=O)N(C)C2=O. The fraction of sp³-hybridized carbons (Fsp3) is 0.412. The van der Waals surface area contributed by atoms with Crippen LogP contribution in [0.3, 0.4) is 0 Å². The number of imide groups is 2.